The fourth-order valence-electron chi connectivity index (χ4n) is 1.29. The fraction of sp³-hybridized carbons (Fsp3) is 0.0714. The third-order valence-corrected chi connectivity index (χ3v) is 3.21. The third-order valence-electron chi connectivity index (χ3n) is 2.34. The van der Waals surface area contributed by atoms with Crippen LogP contribution >= 0.6 is 0 Å². The maximum atomic E-state index is 10.4. The van der Waals surface area contributed by atoms with Gasteiger partial charge in [-0.3, -0.25) is 4.55 Å². The van der Waals surface area contributed by atoms with Crippen LogP contribution in [0.2, 0.25) is 0 Å². The number of aryl methyl sites for hydroxylation is 1. The number of carboxylic acid groups (broad SMARTS) is 1. The summed E-state index contributed by atoms with van der Waals surface area (Å²) in [6.45, 7) is 1.92. The molecule has 0 unspecified atom stereocenters. The van der Waals surface area contributed by atoms with Gasteiger partial charge in [0, 0.05) is 0 Å². The number of hydrogen-bond acceptors (Lipinski definition) is 3. The summed E-state index contributed by atoms with van der Waals surface area (Å²) in [6.07, 6.45) is 0. The lowest BCUT2D eigenvalue weighted by Crippen LogP contribution is -1.96. The molecule has 0 saturated heterocycles. The Bertz CT molecular complexity index is 660. The minimum absolute atomic E-state index is 0.0741. The Morgan fingerprint density at radius 1 is 0.950 bits per heavy atom. The highest BCUT2D eigenvalue weighted by atomic mass is 32.2. The van der Waals surface area contributed by atoms with Gasteiger partial charge >= 0.3 is 5.97 Å². The van der Waals surface area contributed by atoms with Gasteiger partial charge in [-0.15, -0.1) is 0 Å². The van der Waals surface area contributed by atoms with Gasteiger partial charge in [0.15, 0.2) is 0 Å². The van der Waals surface area contributed by atoms with Gasteiger partial charge in [0.1, 0.15) is 0 Å². The molecule has 20 heavy (non-hydrogen) atoms. The molecule has 0 heterocycles. The molecule has 2 rings (SSSR count). The lowest BCUT2D eigenvalue weighted by atomic mass is 10.2. The number of aromatic carboxylic acids is 1. The first-order valence-corrected chi connectivity index (χ1v) is 7.07. The molecule has 0 aromatic heterocycles. The molecule has 0 spiro atoms. The van der Waals surface area contributed by atoms with Crippen molar-refractivity contribution in [3.63, 3.8) is 0 Å². The highest BCUT2D eigenvalue weighted by molar-refractivity contribution is 7.85. The van der Waals surface area contributed by atoms with Crippen molar-refractivity contribution in [1.29, 1.82) is 0 Å². The molecule has 0 saturated carbocycles. The van der Waals surface area contributed by atoms with Crippen molar-refractivity contribution < 1.29 is 22.9 Å². The monoisotopic (exact) mass is 294 g/mol. The Labute approximate surface area is 117 Å². The summed E-state index contributed by atoms with van der Waals surface area (Å²) in [4.78, 5) is 10.2. The van der Waals surface area contributed by atoms with Crippen molar-refractivity contribution in [2.24, 2.45) is 0 Å². The number of benzene rings is 2. The molecule has 0 aliphatic rings. The van der Waals surface area contributed by atoms with E-state index in [0.29, 0.717) is 5.56 Å². The predicted molar refractivity (Wildman–Crippen MR) is 74.4 cm³/mol. The molecular formula is C14H14O5S. The molecular weight excluding hydrogens is 280 g/mol. The standard InChI is InChI=1S/C8H8O2.C6H6O3S/c1-6-2-4-7(5-3-6)8(9)10;7-10(8,9)6-4-2-1-3-5-6/h2-5H,1H3,(H,9,10);1-5H,(H,7,8,9). The minimum atomic E-state index is -4.00. The Kier molecular flexibility index (Phi) is 5.42. The molecule has 0 atom stereocenters. The SMILES string of the molecule is Cc1ccc(C(=O)O)cc1.O=S(=O)(O)c1ccccc1. The normalized spacial score (nSPS) is 10.3. The van der Waals surface area contributed by atoms with Crippen LogP contribution in [0.25, 0.3) is 0 Å². The first kappa shape index (κ1) is 15.9. The van der Waals surface area contributed by atoms with E-state index in [1.54, 1.807) is 42.5 Å². The highest BCUT2D eigenvalue weighted by Gasteiger charge is 2.05. The zero-order valence-corrected chi connectivity index (χ0v) is 11.5. The quantitative estimate of drug-likeness (QED) is 0.831. The first-order chi connectivity index (χ1) is 9.30. The Morgan fingerprint density at radius 2 is 1.45 bits per heavy atom. The zero-order chi connectivity index (χ0) is 15.2. The van der Waals surface area contributed by atoms with Crippen LogP contribution in [0.5, 0.6) is 0 Å². The van der Waals surface area contributed by atoms with E-state index in [1.807, 2.05) is 6.92 Å². The van der Waals surface area contributed by atoms with Crippen molar-refractivity contribution in [3.05, 3.63) is 65.7 Å². The largest absolute Gasteiger partial charge is 0.478 e. The van der Waals surface area contributed by atoms with E-state index in [4.69, 9.17) is 9.66 Å². The summed E-state index contributed by atoms with van der Waals surface area (Å²) in [5.41, 5.74) is 1.41. The molecule has 0 amide bonds. The van der Waals surface area contributed by atoms with Crippen LogP contribution in [0.15, 0.2) is 59.5 Å². The van der Waals surface area contributed by atoms with Crippen LogP contribution in [0.3, 0.4) is 0 Å². The molecule has 106 valence electrons. The molecule has 0 aliphatic carbocycles. The maximum Gasteiger partial charge on any atom is 0.335 e. The molecule has 2 aromatic carbocycles. The second-order valence-electron chi connectivity index (χ2n) is 3.96. The van der Waals surface area contributed by atoms with Crippen LogP contribution in [0.1, 0.15) is 15.9 Å². The van der Waals surface area contributed by atoms with E-state index in [9.17, 15) is 13.2 Å². The smallest absolute Gasteiger partial charge is 0.335 e. The van der Waals surface area contributed by atoms with Crippen LogP contribution in [0, 0.1) is 6.92 Å². The van der Waals surface area contributed by atoms with Gasteiger partial charge in [-0.25, -0.2) is 4.79 Å². The first-order valence-electron chi connectivity index (χ1n) is 5.63. The maximum absolute atomic E-state index is 10.4. The lowest BCUT2D eigenvalue weighted by molar-refractivity contribution is 0.0697. The van der Waals surface area contributed by atoms with Gasteiger partial charge in [0.05, 0.1) is 10.5 Å². The van der Waals surface area contributed by atoms with E-state index < -0.39 is 16.1 Å². The Balaban J connectivity index is 0.000000200. The molecule has 6 heteroatoms. The Morgan fingerprint density at radius 3 is 1.80 bits per heavy atom. The molecule has 0 radical (unpaired) electrons. The van der Waals surface area contributed by atoms with E-state index in [2.05, 4.69) is 0 Å². The van der Waals surface area contributed by atoms with Gasteiger partial charge in [0.2, 0.25) is 0 Å². The van der Waals surface area contributed by atoms with Gasteiger partial charge in [-0.2, -0.15) is 8.42 Å². The van der Waals surface area contributed by atoms with Gasteiger partial charge in [0.25, 0.3) is 10.1 Å². The summed E-state index contributed by atoms with van der Waals surface area (Å²) in [5, 5.41) is 8.48. The molecule has 2 aromatic rings. The van der Waals surface area contributed by atoms with E-state index in [1.165, 1.54) is 12.1 Å². The topological polar surface area (TPSA) is 91.7 Å². The van der Waals surface area contributed by atoms with Crippen molar-refractivity contribution in [2.75, 3.05) is 0 Å². The number of carbonyl (C=O) groups is 1. The van der Waals surface area contributed by atoms with Crippen molar-refractivity contribution in [1.82, 2.24) is 0 Å². The summed E-state index contributed by atoms with van der Waals surface area (Å²) in [5.74, 6) is -0.875. The second kappa shape index (κ2) is 6.83. The van der Waals surface area contributed by atoms with Gasteiger partial charge in [-0.1, -0.05) is 35.9 Å². The lowest BCUT2D eigenvalue weighted by Gasteiger charge is -1.92. The molecule has 5 nitrogen and oxygen atoms in total. The number of carboxylic acids is 1. The summed E-state index contributed by atoms with van der Waals surface area (Å²) in [7, 11) is -4.00. The van der Waals surface area contributed by atoms with Crippen LogP contribution in [-0.4, -0.2) is 24.0 Å². The van der Waals surface area contributed by atoms with Crippen LogP contribution in [0.4, 0.5) is 0 Å². The molecule has 0 aliphatic heterocycles. The number of rotatable bonds is 2. The average Bonchev–Trinajstić information content (AvgIpc) is 2.40. The second-order valence-corrected chi connectivity index (χ2v) is 5.38. The van der Waals surface area contributed by atoms with Crippen molar-refractivity contribution >= 4 is 16.1 Å². The van der Waals surface area contributed by atoms with Crippen molar-refractivity contribution in [2.45, 2.75) is 11.8 Å². The van der Waals surface area contributed by atoms with Crippen LogP contribution in [-0.2, 0) is 10.1 Å². The Hall–Kier alpha value is -2.18. The molecule has 0 bridgehead atoms. The fourth-order valence-corrected chi connectivity index (χ4v) is 1.79. The van der Waals surface area contributed by atoms with E-state index in [-0.39, 0.29) is 4.90 Å². The summed E-state index contributed by atoms with van der Waals surface area (Å²) in [6, 6.07) is 14.2. The van der Waals surface area contributed by atoms with Gasteiger partial charge in [-0.05, 0) is 31.2 Å². The summed E-state index contributed by atoms with van der Waals surface area (Å²) < 4.78 is 29.2. The average molecular weight is 294 g/mol. The van der Waals surface area contributed by atoms with Gasteiger partial charge < -0.3 is 5.11 Å². The minimum Gasteiger partial charge on any atom is -0.478 e. The molecule has 0 fully saturated rings. The van der Waals surface area contributed by atoms with Crippen LogP contribution < -0.4 is 0 Å². The number of hydrogen-bond donors (Lipinski definition) is 2. The van der Waals surface area contributed by atoms with Crippen molar-refractivity contribution in [3.8, 4) is 0 Å². The predicted octanol–water partition coefficient (Wildman–Crippen LogP) is 2.63. The molecule has 2 N–H and O–H groups in total. The van der Waals surface area contributed by atoms with E-state index >= 15 is 0 Å². The third kappa shape index (κ3) is 5.21. The zero-order valence-electron chi connectivity index (χ0n) is 10.7. The highest BCUT2D eigenvalue weighted by Crippen LogP contribution is 2.05. The summed E-state index contributed by atoms with van der Waals surface area (Å²) >= 11 is 0. The van der Waals surface area contributed by atoms with E-state index in [0.717, 1.165) is 5.56 Å².